The van der Waals surface area contributed by atoms with Crippen molar-refractivity contribution >= 4 is 16.9 Å². The number of aromatic nitrogens is 2. The van der Waals surface area contributed by atoms with Gasteiger partial charge in [0.05, 0.1) is 16.6 Å². The molecule has 0 aliphatic carbocycles. The smallest absolute Gasteiger partial charge is 0.310 e. The third-order valence-electron chi connectivity index (χ3n) is 4.48. The number of likely N-dealkylation sites (tertiary alicyclic amines) is 1. The van der Waals surface area contributed by atoms with Crippen molar-refractivity contribution in [3.63, 3.8) is 0 Å². The van der Waals surface area contributed by atoms with Crippen LogP contribution in [0.5, 0.6) is 0 Å². The molecule has 5 nitrogen and oxygen atoms in total. The van der Waals surface area contributed by atoms with Crippen molar-refractivity contribution in [3.05, 3.63) is 30.0 Å². The molecule has 5 heteroatoms. The molecular formula is C16H21N3O2. The van der Waals surface area contributed by atoms with Crippen LogP contribution in [0.4, 0.5) is 0 Å². The van der Waals surface area contributed by atoms with Crippen LogP contribution in [0.15, 0.2) is 24.3 Å². The Morgan fingerprint density at radius 1 is 1.43 bits per heavy atom. The predicted molar refractivity (Wildman–Crippen MR) is 81.0 cm³/mol. The van der Waals surface area contributed by atoms with Gasteiger partial charge in [0.25, 0.3) is 0 Å². The zero-order valence-electron chi connectivity index (χ0n) is 12.5. The van der Waals surface area contributed by atoms with E-state index in [4.69, 9.17) is 5.10 Å². The van der Waals surface area contributed by atoms with Gasteiger partial charge in [0, 0.05) is 25.0 Å². The SMILES string of the molecule is CCn1nc(CN2CCC(C)(C(=O)O)C2)c2ccccc21. The van der Waals surface area contributed by atoms with E-state index < -0.39 is 11.4 Å². The molecule has 0 amide bonds. The molecule has 21 heavy (non-hydrogen) atoms. The summed E-state index contributed by atoms with van der Waals surface area (Å²) in [4.78, 5) is 13.5. The first-order chi connectivity index (χ1) is 10.0. The van der Waals surface area contributed by atoms with Crippen LogP contribution in [0, 0.1) is 5.41 Å². The van der Waals surface area contributed by atoms with Gasteiger partial charge in [-0.2, -0.15) is 5.10 Å². The van der Waals surface area contributed by atoms with Crippen molar-refractivity contribution < 1.29 is 9.90 Å². The summed E-state index contributed by atoms with van der Waals surface area (Å²) in [5.41, 5.74) is 1.57. The summed E-state index contributed by atoms with van der Waals surface area (Å²) in [5, 5.41) is 15.2. The van der Waals surface area contributed by atoms with E-state index in [-0.39, 0.29) is 0 Å². The molecule has 3 rings (SSSR count). The molecule has 1 unspecified atom stereocenters. The molecule has 1 saturated heterocycles. The quantitative estimate of drug-likeness (QED) is 0.938. The highest BCUT2D eigenvalue weighted by Gasteiger charge is 2.40. The Morgan fingerprint density at radius 3 is 2.86 bits per heavy atom. The second-order valence-corrected chi connectivity index (χ2v) is 6.11. The summed E-state index contributed by atoms with van der Waals surface area (Å²) in [5.74, 6) is -0.700. The lowest BCUT2D eigenvalue weighted by Crippen LogP contribution is -2.31. The first kappa shape index (κ1) is 14.1. The van der Waals surface area contributed by atoms with Crippen LogP contribution in [0.1, 0.15) is 26.0 Å². The maximum absolute atomic E-state index is 11.3. The topological polar surface area (TPSA) is 58.4 Å². The number of aliphatic carboxylic acids is 1. The second kappa shape index (κ2) is 5.15. The molecule has 2 aromatic rings. The Hall–Kier alpha value is -1.88. The van der Waals surface area contributed by atoms with E-state index in [1.807, 2.05) is 23.7 Å². The monoisotopic (exact) mass is 287 g/mol. The second-order valence-electron chi connectivity index (χ2n) is 6.11. The lowest BCUT2D eigenvalue weighted by Gasteiger charge is -2.19. The first-order valence-corrected chi connectivity index (χ1v) is 7.43. The minimum absolute atomic E-state index is 0.593. The molecule has 1 aromatic carbocycles. The number of para-hydroxylation sites is 1. The van der Waals surface area contributed by atoms with Crippen molar-refractivity contribution in [1.82, 2.24) is 14.7 Å². The molecule has 1 aromatic heterocycles. The lowest BCUT2D eigenvalue weighted by molar-refractivity contribution is -0.147. The molecule has 112 valence electrons. The Bertz CT molecular complexity index is 679. The predicted octanol–water partition coefficient (Wildman–Crippen LogP) is 2.35. The van der Waals surface area contributed by atoms with Gasteiger partial charge in [-0.15, -0.1) is 0 Å². The fraction of sp³-hybridized carbons (Fsp3) is 0.500. The van der Waals surface area contributed by atoms with E-state index in [2.05, 4.69) is 24.0 Å². The fourth-order valence-corrected chi connectivity index (χ4v) is 3.13. The van der Waals surface area contributed by atoms with Crippen LogP contribution >= 0.6 is 0 Å². The van der Waals surface area contributed by atoms with Crippen LogP contribution in [-0.4, -0.2) is 38.8 Å². The van der Waals surface area contributed by atoms with E-state index in [1.54, 1.807) is 0 Å². The normalized spacial score (nSPS) is 23.0. The van der Waals surface area contributed by atoms with Gasteiger partial charge in [-0.25, -0.2) is 0 Å². The number of benzene rings is 1. The fourth-order valence-electron chi connectivity index (χ4n) is 3.13. The summed E-state index contributed by atoms with van der Waals surface area (Å²) in [6.45, 7) is 6.88. The van der Waals surface area contributed by atoms with Crippen molar-refractivity contribution in [2.45, 2.75) is 33.4 Å². The molecule has 1 N–H and O–H groups in total. The summed E-state index contributed by atoms with van der Waals surface area (Å²) in [6, 6.07) is 8.23. The van der Waals surface area contributed by atoms with Crippen molar-refractivity contribution in [3.8, 4) is 0 Å². The third kappa shape index (κ3) is 2.42. The number of aryl methyl sites for hydroxylation is 1. The summed E-state index contributed by atoms with van der Waals surface area (Å²) >= 11 is 0. The molecule has 1 atom stereocenters. The van der Waals surface area contributed by atoms with Gasteiger partial charge >= 0.3 is 5.97 Å². The average Bonchev–Trinajstić information content (AvgIpc) is 3.02. The van der Waals surface area contributed by atoms with Gasteiger partial charge in [0.1, 0.15) is 0 Å². The van der Waals surface area contributed by atoms with E-state index >= 15 is 0 Å². The Morgan fingerprint density at radius 2 is 2.19 bits per heavy atom. The van der Waals surface area contributed by atoms with Gasteiger partial charge in [0.15, 0.2) is 0 Å². The van der Waals surface area contributed by atoms with Gasteiger partial charge in [-0.3, -0.25) is 14.4 Å². The highest BCUT2D eigenvalue weighted by molar-refractivity contribution is 5.82. The maximum atomic E-state index is 11.3. The number of rotatable bonds is 4. The minimum Gasteiger partial charge on any atom is -0.481 e. The van der Waals surface area contributed by atoms with Gasteiger partial charge in [-0.1, -0.05) is 18.2 Å². The molecular weight excluding hydrogens is 266 g/mol. The first-order valence-electron chi connectivity index (χ1n) is 7.43. The Labute approximate surface area is 124 Å². The van der Waals surface area contributed by atoms with E-state index in [1.165, 1.54) is 5.39 Å². The molecule has 2 heterocycles. The average molecular weight is 287 g/mol. The molecule has 1 aliphatic rings. The number of carbonyl (C=O) groups is 1. The van der Waals surface area contributed by atoms with Crippen LogP contribution in [0.3, 0.4) is 0 Å². The van der Waals surface area contributed by atoms with Crippen LogP contribution < -0.4 is 0 Å². The number of carboxylic acid groups (broad SMARTS) is 1. The molecule has 0 spiro atoms. The molecule has 0 radical (unpaired) electrons. The molecule has 1 aliphatic heterocycles. The van der Waals surface area contributed by atoms with Crippen LogP contribution in [0.2, 0.25) is 0 Å². The maximum Gasteiger partial charge on any atom is 0.310 e. The molecule has 1 fully saturated rings. The Kier molecular flexibility index (Phi) is 3.45. The number of hydrogen-bond acceptors (Lipinski definition) is 3. The standard InChI is InChI=1S/C16H21N3O2/c1-3-19-14-7-5-4-6-12(14)13(17-19)10-18-9-8-16(2,11-18)15(20)21/h4-7H,3,8-11H2,1-2H3,(H,20,21). The number of nitrogens with zero attached hydrogens (tertiary/aromatic N) is 3. The van der Waals surface area contributed by atoms with Gasteiger partial charge in [-0.05, 0) is 32.9 Å². The van der Waals surface area contributed by atoms with Crippen molar-refractivity contribution in [2.75, 3.05) is 13.1 Å². The highest BCUT2D eigenvalue weighted by Crippen LogP contribution is 2.31. The van der Waals surface area contributed by atoms with Gasteiger partial charge < -0.3 is 5.11 Å². The van der Waals surface area contributed by atoms with Crippen molar-refractivity contribution in [1.29, 1.82) is 0 Å². The number of carboxylic acids is 1. The minimum atomic E-state index is -0.700. The zero-order chi connectivity index (χ0) is 15.0. The number of hydrogen-bond donors (Lipinski definition) is 1. The van der Waals surface area contributed by atoms with Crippen molar-refractivity contribution in [2.24, 2.45) is 5.41 Å². The zero-order valence-corrected chi connectivity index (χ0v) is 12.5. The summed E-state index contributed by atoms with van der Waals surface area (Å²) in [6.07, 6.45) is 0.703. The van der Waals surface area contributed by atoms with E-state index in [9.17, 15) is 9.90 Å². The molecule has 0 bridgehead atoms. The lowest BCUT2D eigenvalue weighted by atomic mass is 9.90. The highest BCUT2D eigenvalue weighted by atomic mass is 16.4. The Balaban J connectivity index is 1.85. The molecule has 0 saturated carbocycles. The summed E-state index contributed by atoms with van der Waals surface area (Å²) < 4.78 is 2.01. The summed E-state index contributed by atoms with van der Waals surface area (Å²) in [7, 11) is 0. The number of fused-ring (bicyclic) bond motifs is 1. The largest absolute Gasteiger partial charge is 0.481 e. The van der Waals surface area contributed by atoms with Gasteiger partial charge in [0.2, 0.25) is 0 Å². The van der Waals surface area contributed by atoms with Crippen LogP contribution in [0.25, 0.3) is 10.9 Å². The van der Waals surface area contributed by atoms with E-state index in [0.29, 0.717) is 13.0 Å². The third-order valence-corrected chi connectivity index (χ3v) is 4.48. The van der Waals surface area contributed by atoms with E-state index in [0.717, 1.165) is 30.8 Å². The van der Waals surface area contributed by atoms with Crippen LogP contribution in [-0.2, 0) is 17.9 Å².